The average molecular weight is 262 g/mol. The van der Waals surface area contributed by atoms with Gasteiger partial charge >= 0.3 is 0 Å². The molecule has 2 aromatic rings. The summed E-state index contributed by atoms with van der Waals surface area (Å²) in [7, 11) is 3.49. The molecule has 102 valence electrons. The molecule has 0 bridgehead atoms. The first-order chi connectivity index (χ1) is 9.20. The zero-order valence-corrected chi connectivity index (χ0v) is 11.1. The lowest BCUT2D eigenvalue weighted by Crippen LogP contribution is -2.22. The summed E-state index contributed by atoms with van der Waals surface area (Å²) in [5, 5.41) is 21.0. The van der Waals surface area contributed by atoms with E-state index >= 15 is 0 Å². The molecule has 0 aliphatic carbocycles. The third-order valence-electron chi connectivity index (χ3n) is 2.90. The Labute approximate surface area is 112 Å². The Morgan fingerprint density at radius 3 is 3.00 bits per heavy atom. The van der Waals surface area contributed by atoms with E-state index in [0.717, 1.165) is 17.1 Å². The maximum Gasteiger partial charge on any atom is 0.146 e. The third kappa shape index (κ3) is 3.52. The summed E-state index contributed by atoms with van der Waals surface area (Å²) >= 11 is 0. The molecule has 6 heteroatoms. The summed E-state index contributed by atoms with van der Waals surface area (Å²) < 4.78 is 6.97. The Morgan fingerprint density at radius 1 is 1.47 bits per heavy atom. The Hall–Kier alpha value is -1.92. The number of benzene rings is 1. The van der Waals surface area contributed by atoms with E-state index in [1.165, 1.54) is 0 Å². The second-order valence-electron chi connectivity index (χ2n) is 4.28. The fourth-order valence-corrected chi connectivity index (χ4v) is 1.75. The smallest absolute Gasteiger partial charge is 0.146 e. The number of ether oxygens (including phenoxy) is 1. The van der Waals surface area contributed by atoms with Crippen LogP contribution < -0.4 is 10.1 Å². The number of aromatic nitrogens is 3. The highest BCUT2D eigenvalue weighted by atomic mass is 16.5. The van der Waals surface area contributed by atoms with Crippen LogP contribution in [0.25, 0.3) is 0 Å². The molecule has 1 heterocycles. The SMILES string of the molecule is COc1cccc(C(O)CNCc2nncn2C)c1. The highest BCUT2D eigenvalue weighted by Crippen LogP contribution is 2.18. The lowest BCUT2D eigenvalue weighted by Gasteiger charge is -2.13. The number of aliphatic hydroxyl groups is 1. The van der Waals surface area contributed by atoms with Gasteiger partial charge < -0.3 is 19.7 Å². The Balaban J connectivity index is 1.87. The Bertz CT molecular complexity index is 527. The van der Waals surface area contributed by atoms with Gasteiger partial charge in [0.2, 0.25) is 0 Å². The van der Waals surface area contributed by atoms with Gasteiger partial charge in [-0.25, -0.2) is 0 Å². The number of aryl methyl sites for hydroxylation is 1. The molecule has 0 radical (unpaired) electrons. The van der Waals surface area contributed by atoms with E-state index in [0.29, 0.717) is 13.1 Å². The van der Waals surface area contributed by atoms with Gasteiger partial charge in [0.05, 0.1) is 19.8 Å². The van der Waals surface area contributed by atoms with Crippen molar-refractivity contribution >= 4 is 0 Å². The second-order valence-corrected chi connectivity index (χ2v) is 4.28. The van der Waals surface area contributed by atoms with Crippen LogP contribution in [0.15, 0.2) is 30.6 Å². The van der Waals surface area contributed by atoms with Crippen molar-refractivity contribution in [1.82, 2.24) is 20.1 Å². The van der Waals surface area contributed by atoms with E-state index in [1.54, 1.807) is 13.4 Å². The largest absolute Gasteiger partial charge is 0.497 e. The highest BCUT2D eigenvalue weighted by molar-refractivity contribution is 5.29. The maximum atomic E-state index is 10.1. The number of hydrogen-bond donors (Lipinski definition) is 2. The molecule has 6 nitrogen and oxygen atoms in total. The van der Waals surface area contributed by atoms with Gasteiger partial charge in [-0.15, -0.1) is 10.2 Å². The molecule has 1 aromatic heterocycles. The number of nitrogens with zero attached hydrogens (tertiary/aromatic N) is 3. The van der Waals surface area contributed by atoms with Gasteiger partial charge in [-0.3, -0.25) is 0 Å². The molecule has 0 aliphatic rings. The van der Waals surface area contributed by atoms with Crippen LogP contribution in [-0.2, 0) is 13.6 Å². The van der Waals surface area contributed by atoms with Gasteiger partial charge in [0.15, 0.2) is 0 Å². The number of aliphatic hydroxyl groups excluding tert-OH is 1. The van der Waals surface area contributed by atoms with E-state index < -0.39 is 6.10 Å². The molecule has 0 saturated heterocycles. The molecule has 2 rings (SSSR count). The van der Waals surface area contributed by atoms with Gasteiger partial charge in [-0.05, 0) is 17.7 Å². The minimum atomic E-state index is -0.580. The first kappa shape index (κ1) is 13.5. The molecule has 0 aliphatic heterocycles. The first-order valence-corrected chi connectivity index (χ1v) is 6.06. The second kappa shape index (κ2) is 6.31. The Morgan fingerprint density at radius 2 is 2.32 bits per heavy atom. The van der Waals surface area contributed by atoms with Crippen LogP contribution in [0.5, 0.6) is 5.75 Å². The minimum Gasteiger partial charge on any atom is -0.497 e. The molecule has 1 aromatic carbocycles. The van der Waals surface area contributed by atoms with Gasteiger partial charge in [-0.1, -0.05) is 12.1 Å². The number of methoxy groups -OCH3 is 1. The van der Waals surface area contributed by atoms with Crippen LogP contribution in [0.1, 0.15) is 17.5 Å². The van der Waals surface area contributed by atoms with Crippen LogP contribution in [-0.4, -0.2) is 33.5 Å². The van der Waals surface area contributed by atoms with Crippen LogP contribution >= 0.6 is 0 Å². The molecule has 0 fully saturated rings. The quantitative estimate of drug-likeness (QED) is 0.799. The fourth-order valence-electron chi connectivity index (χ4n) is 1.75. The summed E-state index contributed by atoms with van der Waals surface area (Å²) in [6.07, 6.45) is 1.07. The predicted octanol–water partition coefficient (Wildman–Crippen LogP) is 0.647. The fraction of sp³-hybridized carbons (Fsp3) is 0.385. The normalized spacial score (nSPS) is 12.4. The zero-order valence-electron chi connectivity index (χ0n) is 11.1. The topological polar surface area (TPSA) is 72.2 Å². The van der Waals surface area contributed by atoms with Crippen molar-refractivity contribution in [1.29, 1.82) is 0 Å². The average Bonchev–Trinajstić information content (AvgIpc) is 2.84. The lowest BCUT2D eigenvalue weighted by molar-refractivity contribution is 0.173. The van der Waals surface area contributed by atoms with Crippen molar-refractivity contribution in [3.63, 3.8) is 0 Å². The van der Waals surface area contributed by atoms with Gasteiger partial charge in [0.1, 0.15) is 17.9 Å². The van der Waals surface area contributed by atoms with Crippen molar-refractivity contribution < 1.29 is 9.84 Å². The molecule has 1 atom stereocenters. The van der Waals surface area contributed by atoms with E-state index in [-0.39, 0.29) is 0 Å². The molecule has 19 heavy (non-hydrogen) atoms. The number of hydrogen-bond acceptors (Lipinski definition) is 5. The highest BCUT2D eigenvalue weighted by Gasteiger charge is 2.08. The summed E-state index contributed by atoms with van der Waals surface area (Å²) in [4.78, 5) is 0. The van der Waals surface area contributed by atoms with Gasteiger partial charge in [0.25, 0.3) is 0 Å². The third-order valence-corrected chi connectivity index (χ3v) is 2.90. The summed E-state index contributed by atoms with van der Waals surface area (Å²) in [6.45, 7) is 1.01. The molecular formula is C13H18N4O2. The molecular weight excluding hydrogens is 244 g/mol. The van der Waals surface area contributed by atoms with E-state index in [9.17, 15) is 5.11 Å². The first-order valence-electron chi connectivity index (χ1n) is 6.06. The van der Waals surface area contributed by atoms with Crippen LogP contribution in [0.3, 0.4) is 0 Å². The maximum absolute atomic E-state index is 10.1. The van der Waals surface area contributed by atoms with E-state index in [4.69, 9.17) is 4.74 Å². The molecule has 0 saturated carbocycles. The number of nitrogens with one attached hydrogen (secondary N) is 1. The number of rotatable bonds is 6. The van der Waals surface area contributed by atoms with Crippen LogP contribution in [0, 0.1) is 0 Å². The van der Waals surface area contributed by atoms with E-state index in [2.05, 4.69) is 15.5 Å². The van der Waals surface area contributed by atoms with Crippen LogP contribution in [0.2, 0.25) is 0 Å². The van der Waals surface area contributed by atoms with Gasteiger partial charge in [0, 0.05) is 13.6 Å². The van der Waals surface area contributed by atoms with Crippen molar-refractivity contribution in [3.05, 3.63) is 42.0 Å². The molecule has 2 N–H and O–H groups in total. The van der Waals surface area contributed by atoms with E-state index in [1.807, 2.05) is 35.9 Å². The molecule has 0 spiro atoms. The van der Waals surface area contributed by atoms with Crippen molar-refractivity contribution in [3.8, 4) is 5.75 Å². The monoisotopic (exact) mass is 262 g/mol. The zero-order chi connectivity index (χ0) is 13.7. The predicted molar refractivity (Wildman–Crippen MR) is 70.7 cm³/mol. The summed E-state index contributed by atoms with van der Waals surface area (Å²) in [5.41, 5.74) is 0.824. The standard InChI is InChI=1S/C13H18N4O2/c1-17-9-15-16-13(17)8-14-7-12(18)10-4-3-5-11(6-10)19-2/h3-6,9,12,14,18H,7-8H2,1-2H3. The lowest BCUT2D eigenvalue weighted by atomic mass is 10.1. The molecule has 0 amide bonds. The minimum absolute atomic E-state index is 0.444. The van der Waals surface area contributed by atoms with Gasteiger partial charge in [-0.2, -0.15) is 0 Å². The van der Waals surface area contributed by atoms with Crippen molar-refractivity contribution in [2.75, 3.05) is 13.7 Å². The van der Waals surface area contributed by atoms with Crippen LogP contribution in [0.4, 0.5) is 0 Å². The van der Waals surface area contributed by atoms with Crippen molar-refractivity contribution in [2.45, 2.75) is 12.6 Å². The summed E-state index contributed by atoms with van der Waals surface area (Å²) in [5.74, 6) is 1.57. The summed E-state index contributed by atoms with van der Waals surface area (Å²) in [6, 6.07) is 7.41. The molecule has 1 unspecified atom stereocenters. The Kier molecular flexibility index (Phi) is 4.48. The van der Waals surface area contributed by atoms with Crippen molar-refractivity contribution in [2.24, 2.45) is 7.05 Å².